The van der Waals surface area contributed by atoms with Gasteiger partial charge < -0.3 is 5.32 Å². The number of carbonyl (C=O) groups is 1. The maximum atomic E-state index is 12.1. The number of hydrogen-bond donors (Lipinski definition) is 1. The molecule has 0 saturated heterocycles. The highest BCUT2D eigenvalue weighted by atomic mass is 32.1. The Morgan fingerprint density at radius 2 is 1.88 bits per heavy atom. The lowest BCUT2D eigenvalue weighted by molar-refractivity contribution is -0.115. The zero-order valence-corrected chi connectivity index (χ0v) is 15.6. The topological polar surface area (TPSA) is 54.9 Å². The van der Waals surface area contributed by atoms with Crippen LogP contribution in [0.15, 0.2) is 29.6 Å². The standard InChI is InChI=1S/C18H19N3OS2/c1-11-4-6-14(7-5-11)8-16-12(2)19-18(24-16)21-17(22)9-15-10-23-13(3)20-15/h4-7,10H,8-9H2,1-3H3,(H,19,21,22). The summed E-state index contributed by atoms with van der Waals surface area (Å²) in [5.41, 5.74) is 4.29. The summed E-state index contributed by atoms with van der Waals surface area (Å²) < 4.78 is 0. The maximum Gasteiger partial charge on any atom is 0.232 e. The predicted molar refractivity (Wildman–Crippen MR) is 100 cm³/mol. The molecule has 24 heavy (non-hydrogen) atoms. The molecule has 0 unspecified atom stereocenters. The fourth-order valence-electron chi connectivity index (χ4n) is 2.35. The molecule has 3 rings (SSSR count). The molecule has 1 N–H and O–H groups in total. The number of thiazole rings is 2. The number of hydrogen-bond acceptors (Lipinski definition) is 5. The Hall–Kier alpha value is -2.05. The van der Waals surface area contributed by atoms with Gasteiger partial charge in [0.25, 0.3) is 0 Å². The summed E-state index contributed by atoms with van der Waals surface area (Å²) in [5.74, 6) is -0.0732. The van der Waals surface area contributed by atoms with Crippen LogP contribution < -0.4 is 5.32 Å². The van der Waals surface area contributed by atoms with Gasteiger partial charge in [-0.3, -0.25) is 4.79 Å². The molecule has 0 bridgehead atoms. The minimum absolute atomic E-state index is 0.0732. The van der Waals surface area contributed by atoms with Gasteiger partial charge in [-0.15, -0.1) is 22.7 Å². The largest absolute Gasteiger partial charge is 0.302 e. The average Bonchev–Trinajstić information content (AvgIpc) is 3.07. The van der Waals surface area contributed by atoms with Gasteiger partial charge in [-0.25, -0.2) is 9.97 Å². The van der Waals surface area contributed by atoms with Crippen molar-refractivity contribution < 1.29 is 4.79 Å². The lowest BCUT2D eigenvalue weighted by Crippen LogP contribution is -2.14. The van der Waals surface area contributed by atoms with Crippen molar-refractivity contribution in [1.82, 2.24) is 9.97 Å². The van der Waals surface area contributed by atoms with E-state index in [4.69, 9.17) is 0 Å². The van der Waals surface area contributed by atoms with Crippen molar-refractivity contribution in [1.29, 1.82) is 0 Å². The highest BCUT2D eigenvalue weighted by Crippen LogP contribution is 2.25. The van der Waals surface area contributed by atoms with Gasteiger partial charge in [-0.1, -0.05) is 29.8 Å². The van der Waals surface area contributed by atoms with Crippen LogP contribution in [0.5, 0.6) is 0 Å². The molecule has 124 valence electrons. The van der Waals surface area contributed by atoms with Crippen molar-refractivity contribution in [3.63, 3.8) is 0 Å². The number of carbonyl (C=O) groups excluding carboxylic acids is 1. The van der Waals surface area contributed by atoms with E-state index in [1.807, 2.05) is 19.2 Å². The van der Waals surface area contributed by atoms with Crippen LogP contribution in [0.1, 0.15) is 32.4 Å². The molecule has 1 amide bonds. The number of anilines is 1. The van der Waals surface area contributed by atoms with Crippen molar-refractivity contribution >= 4 is 33.7 Å². The lowest BCUT2D eigenvalue weighted by Gasteiger charge is -2.00. The van der Waals surface area contributed by atoms with E-state index in [0.29, 0.717) is 5.13 Å². The zero-order chi connectivity index (χ0) is 17.1. The minimum Gasteiger partial charge on any atom is -0.302 e. The fraction of sp³-hybridized carbons (Fsp3) is 0.278. The van der Waals surface area contributed by atoms with E-state index in [1.54, 1.807) is 22.7 Å². The van der Waals surface area contributed by atoms with Gasteiger partial charge in [-0.05, 0) is 26.3 Å². The Kier molecular flexibility index (Phi) is 5.06. The second kappa shape index (κ2) is 7.23. The molecule has 0 saturated carbocycles. The minimum atomic E-state index is -0.0732. The number of amides is 1. The van der Waals surface area contributed by atoms with Crippen LogP contribution in [0, 0.1) is 20.8 Å². The Labute approximate surface area is 149 Å². The highest BCUT2D eigenvalue weighted by molar-refractivity contribution is 7.15. The Balaban J connectivity index is 1.65. The normalized spacial score (nSPS) is 10.8. The maximum absolute atomic E-state index is 12.1. The summed E-state index contributed by atoms with van der Waals surface area (Å²) in [5, 5.41) is 6.44. The van der Waals surface area contributed by atoms with Gasteiger partial charge in [0.05, 0.1) is 22.8 Å². The van der Waals surface area contributed by atoms with Gasteiger partial charge >= 0.3 is 0 Å². The van der Waals surface area contributed by atoms with E-state index in [0.717, 1.165) is 22.8 Å². The summed E-state index contributed by atoms with van der Waals surface area (Å²) in [7, 11) is 0. The van der Waals surface area contributed by atoms with Crippen LogP contribution in [0.3, 0.4) is 0 Å². The summed E-state index contributed by atoms with van der Waals surface area (Å²) in [6.45, 7) is 6.01. The zero-order valence-electron chi connectivity index (χ0n) is 13.9. The first-order valence-electron chi connectivity index (χ1n) is 7.72. The second-order valence-corrected chi connectivity index (χ2v) is 7.92. The average molecular weight is 358 g/mol. The first kappa shape index (κ1) is 16.8. The van der Waals surface area contributed by atoms with Gasteiger partial charge in [0.1, 0.15) is 0 Å². The van der Waals surface area contributed by atoms with Crippen molar-refractivity contribution in [2.75, 3.05) is 5.32 Å². The quantitative estimate of drug-likeness (QED) is 0.741. The van der Waals surface area contributed by atoms with E-state index in [2.05, 4.69) is 46.5 Å². The molecule has 0 spiro atoms. The fourth-order valence-corrected chi connectivity index (χ4v) is 3.98. The summed E-state index contributed by atoms with van der Waals surface area (Å²) >= 11 is 3.10. The van der Waals surface area contributed by atoms with Crippen LogP contribution in [0.25, 0.3) is 0 Å². The molecule has 0 aliphatic rings. The van der Waals surface area contributed by atoms with Crippen molar-refractivity contribution in [2.24, 2.45) is 0 Å². The molecule has 0 fully saturated rings. The molecule has 3 aromatic rings. The van der Waals surface area contributed by atoms with Crippen LogP contribution in [-0.4, -0.2) is 15.9 Å². The Bertz CT molecular complexity index is 850. The molecule has 6 heteroatoms. The number of nitrogens with one attached hydrogen (secondary N) is 1. The summed E-state index contributed by atoms with van der Waals surface area (Å²) in [4.78, 5) is 22.1. The molecule has 0 aliphatic heterocycles. The number of nitrogens with zero attached hydrogens (tertiary/aromatic N) is 2. The molecular formula is C18H19N3OS2. The first-order valence-corrected chi connectivity index (χ1v) is 9.42. The van der Waals surface area contributed by atoms with Crippen LogP contribution in [0.4, 0.5) is 5.13 Å². The lowest BCUT2D eigenvalue weighted by atomic mass is 10.1. The SMILES string of the molecule is Cc1ccc(Cc2sc(NC(=O)Cc3csc(C)n3)nc2C)cc1. The molecule has 2 aromatic heterocycles. The van der Waals surface area contributed by atoms with Crippen molar-refractivity contribution in [3.05, 3.63) is 62.0 Å². The third-order valence-corrected chi connectivity index (χ3v) is 5.53. The molecule has 0 radical (unpaired) electrons. The monoisotopic (exact) mass is 357 g/mol. The van der Waals surface area contributed by atoms with Crippen LogP contribution in [-0.2, 0) is 17.6 Å². The molecular weight excluding hydrogens is 338 g/mol. The highest BCUT2D eigenvalue weighted by Gasteiger charge is 2.12. The van der Waals surface area contributed by atoms with Crippen molar-refractivity contribution in [2.45, 2.75) is 33.6 Å². The Morgan fingerprint density at radius 1 is 1.12 bits per heavy atom. The first-order chi connectivity index (χ1) is 11.5. The van der Waals surface area contributed by atoms with E-state index in [-0.39, 0.29) is 12.3 Å². The van der Waals surface area contributed by atoms with E-state index >= 15 is 0 Å². The van der Waals surface area contributed by atoms with Gasteiger partial charge in [-0.2, -0.15) is 0 Å². The van der Waals surface area contributed by atoms with Gasteiger partial charge in [0.15, 0.2) is 5.13 Å². The smallest absolute Gasteiger partial charge is 0.232 e. The van der Waals surface area contributed by atoms with Crippen LogP contribution in [0.2, 0.25) is 0 Å². The van der Waals surface area contributed by atoms with Gasteiger partial charge in [0.2, 0.25) is 5.91 Å². The second-order valence-electron chi connectivity index (χ2n) is 5.77. The number of aryl methyl sites for hydroxylation is 3. The number of rotatable bonds is 5. The summed E-state index contributed by atoms with van der Waals surface area (Å²) in [6, 6.07) is 8.50. The van der Waals surface area contributed by atoms with E-state index in [9.17, 15) is 4.79 Å². The van der Waals surface area contributed by atoms with E-state index in [1.165, 1.54) is 16.0 Å². The van der Waals surface area contributed by atoms with Gasteiger partial charge in [0, 0.05) is 16.7 Å². The molecule has 0 atom stereocenters. The third-order valence-electron chi connectivity index (χ3n) is 3.63. The third kappa shape index (κ3) is 4.27. The number of aromatic nitrogens is 2. The number of benzene rings is 1. The molecule has 2 heterocycles. The molecule has 4 nitrogen and oxygen atoms in total. The van der Waals surface area contributed by atoms with Crippen molar-refractivity contribution in [3.8, 4) is 0 Å². The molecule has 1 aromatic carbocycles. The van der Waals surface area contributed by atoms with Crippen LogP contribution >= 0.6 is 22.7 Å². The summed E-state index contributed by atoms with van der Waals surface area (Å²) in [6.07, 6.45) is 1.13. The molecule has 0 aliphatic carbocycles. The predicted octanol–water partition coefficient (Wildman–Crippen LogP) is 4.30. The van der Waals surface area contributed by atoms with E-state index < -0.39 is 0 Å². The Morgan fingerprint density at radius 3 is 2.54 bits per heavy atom.